The topological polar surface area (TPSA) is 96.7 Å². The third-order valence-corrected chi connectivity index (χ3v) is 2.21. The van der Waals surface area contributed by atoms with E-state index < -0.39 is 24.6 Å². The molecule has 1 saturated heterocycles. The first-order valence-electron chi connectivity index (χ1n) is 4.73. The maximum atomic E-state index is 9.74. The molecule has 1 fully saturated rings. The molecule has 1 N–H and O–H groups in total. The van der Waals surface area contributed by atoms with Crippen molar-refractivity contribution < 1.29 is 19.3 Å². The van der Waals surface area contributed by atoms with Crippen molar-refractivity contribution in [3.05, 3.63) is 10.4 Å². The summed E-state index contributed by atoms with van der Waals surface area (Å²) < 4.78 is 15.6. The van der Waals surface area contributed by atoms with Crippen LogP contribution in [0.15, 0.2) is 5.11 Å². The van der Waals surface area contributed by atoms with E-state index in [4.69, 9.17) is 19.7 Å². The van der Waals surface area contributed by atoms with E-state index in [-0.39, 0.29) is 6.54 Å². The molecule has 1 unspecified atom stereocenters. The van der Waals surface area contributed by atoms with Crippen molar-refractivity contribution in [2.45, 2.75) is 31.5 Å². The van der Waals surface area contributed by atoms with E-state index >= 15 is 0 Å². The molecule has 0 aromatic heterocycles. The first kappa shape index (κ1) is 12.2. The van der Waals surface area contributed by atoms with Crippen molar-refractivity contribution in [2.75, 3.05) is 20.3 Å². The lowest BCUT2D eigenvalue weighted by atomic mass is 10.1. The third-order valence-electron chi connectivity index (χ3n) is 2.21. The van der Waals surface area contributed by atoms with Gasteiger partial charge in [0.25, 0.3) is 0 Å². The number of methoxy groups -OCH3 is 1. The van der Waals surface area contributed by atoms with Gasteiger partial charge in [-0.25, -0.2) is 0 Å². The molecule has 0 spiro atoms. The number of rotatable bonds is 5. The second-order valence-corrected chi connectivity index (χ2v) is 3.10. The SMILES string of the molecule is CCO[C@H]1[C@@H](CN=[N+]=[N-])OC(OC)[C@@H]1O. The van der Waals surface area contributed by atoms with Crippen molar-refractivity contribution in [1.29, 1.82) is 0 Å². The molecule has 86 valence electrons. The second-order valence-electron chi connectivity index (χ2n) is 3.10. The summed E-state index contributed by atoms with van der Waals surface area (Å²) in [6.45, 7) is 2.39. The summed E-state index contributed by atoms with van der Waals surface area (Å²) in [6, 6.07) is 0. The summed E-state index contributed by atoms with van der Waals surface area (Å²) in [4.78, 5) is 2.64. The van der Waals surface area contributed by atoms with Crippen molar-refractivity contribution in [3.63, 3.8) is 0 Å². The first-order valence-corrected chi connectivity index (χ1v) is 4.73. The Balaban J connectivity index is 2.63. The molecule has 0 aliphatic carbocycles. The Morgan fingerprint density at radius 1 is 1.60 bits per heavy atom. The normalized spacial score (nSPS) is 35.1. The summed E-state index contributed by atoms with van der Waals surface area (Å²) in [7, 11) is 1.44. The number of ether oxygens (including phenoxy) is 3. The highest BCUT2D eigenvalue weighted by atomic mass is 16.7. The monoisotopic (exact) mass is 217 g/mol. The van der Waals surface area contributed by atoms with Gasteiger partial charge in [0.2, 0.25) is 0 Å². The average Bonchev–Trinajstić information content (AvgIpc) is 2.54. The highest BCUT2D eigenvalue weighted by Gasteiger charge is 2.44. The van der Waals surface area contributed by atoms with Gasteiger partial charge in [0.1, 0.15) is 12.2 Å². The van der Waals surface area contributed by atoms with Gasteiger partial charge >= 0.3 is 0 Å². The van der Waals surface area contributed by atoms with Crippen LogP contribution in [0.1, 0.15) is 6.92 Å². The predicted molar refractivity (Wildman–Crippen MR) is 51.1 cm³/mol. The maximum Gasteiger partial charge on any atom is 0.186 e. The summed E-state index contributed by atoms with van der Waals surface area (Å²) in [6.07, 6.45) is -2.54. The standard InChI is InChI=1S/C8H15N3O4/c1-3-14-7-5(4-10-11-9)15-8(13-2)6(7)12/h5-8,12H,3-4H2,1-2H3/t5-,6-,7+,8?/m1/s1. The van der Waals surface area contributed by atoms with E-state index in [1.165, 1.54) is 7.11 Å². The Labute approximate surface area is 87.6 Å². The molecule has 15 heavy (non-hydrogen) atoms. The Morgan fingerprint density at radius 3 is 2.87 bits per heavy atom. The number of hydrogen-bond acceptors (Lipinski definition) is 5. The fraction of sp³-hybridized carbons (Fsp3) is 1.00. The summed E-state index contributed by atoms with van der Waals surface area (Å²) in [5.41, 5.74) is 8.20. The minimum atomic E-state index is -0.853. The zero-order valence-electron chi connectivity index (χ0n) is 8.74. The molecule has 0 amide bonds. The van der Waals surface area contributed by atoms with Gasteiger partial charge < -0.3 is 19.3 Å². The third kappa shape index (κ3) is 2.80. The minimum absolute atomic E-state index is 0.123. The van der Waals surface area contributed by atoms with Gasteiger partial charge in [-0.1, -0.05) is 5.11 Å². The van der Waals surface area contributed by atoms with Gasteiger partial charge in [0.05, 0.1) is 12.6 Å². The van der Waals surface area contributed by atoms with E-state index in [2.05, 4.69) is 10.0 Å². The quantitative estimate of drug-likeness (QED) is 0.410. The van der Waals surface area contributed by atoms with Crippen LogP contribution in [-0.4, -0.2) is 50.0 Å². The Kier molecular flexibility index (Phi) is 4.80. The lowest BCUT2D eigenvalue weighted by molar-refractivity contribution is -0.147. The molecule has 1 aliphatic rings. The highest BCUT2D eigenvalue weighted by molar-refractivity contribution is 4.89. The van der Waals surface area contributed by atoms with Crippen molar-refractivity contribution in [1.82, 2.24) is 0 Å². The van der Waals surface area contributed by atoms with Crippen molar-refractivity contribution >= 4 is 0 Å². The van der Waals surface area contributed by atoms with Crippen molar-refractivity contribution in [3.8, 4) is 0 Å². The van der Waals surface area contributed by atoms with Crippen LogP contribution in [0.25, 0.3) is 10.4 Å². The molecule has 0 saturated carbocycles. The molecule has 4 atom stereocenters. The van der Waals surface area contributed by atoms with Gasteiger partial charge in [-0.05, 0) is 12.5 Å². The van der Waals surface area contributed by atoms with Crippen LogP contribution in [0, 0.1) is 0 Å². The van der Waals surface area contributed by atoms with Crippen LogP contribution in [-0.2, 0) is 14.2 Å². The zero-order valence-corrected chi connectivity index (χ0v) is 8.74. The van der Waals surface area contributed by atoms with Gasteiger partial charge in [-0.15, -0.1) is 0 Å². The molecule has 0 aromatic rings. The minimum Gasteiger partial charge on any atom is -0.385 e. The van der Waals surface area contributed by atoms with Crippen LogP contribution >= 0.6 is 0 Å². The zero-order chi connectivity index (χ0) is 11.3. The Morgan fingerprint density at radius 2 is 2.33 bits per heavy atom. The number of nitrogens with zero attached hydrogens (tertiary/aromatic N) is 3. The second kappa shape index (κ2) is 5.89. The van der Waals surface area contributed by atoms with E-state index in [9.17, 15) is 5.11 Å². The lowest BCUT2D eigenvalue weighted by Crippen LogP contribution is -2.36. The summed E-state index contributed by atoms with van der Waals surface area (Å²) in [5, 5.41) is 13.1. The Bertz CT molecular complexity index is 244. The van der Waals surface area contributed by atoms with E-state index in [1.54, 1.807) is 0 Å². The molecule has 7 nitrogen and oxygen atoms in total. The van der Waals surface area contributed by atoms with Crippen LogP contribution in [0.4, 0.5) is 0 Å². The van der Waals surface area contributed by atoms with Gasteiger partial charge in [-0.3, -0.25) is 0 Å². The van der Waals surface area contributed by atoms with Crippen LogP contribution < -0.4 is 0 Å². The summed E-state index contributed by atoms with van der Waals surface area (Å²) >= 11 is 0. The molecule has 0 bridgehead atoms. The lowest BCUT2D eigenvalue weighted by Gasteiger charge is -2.18. The molecule has 1 heterocycles. The molecular formula is C8H15N3O4. The molecule has 7 heteroatoms. The van der Waals surface area contributed by atoms with Gasteiger partial charge in [0.15, 0.2) is 6.29 Å². The number of hydrogen-bond donors (Lipinski definition) is 1. The number of aliphatic hydroxyl groups is 1. The van der Waals surface area contributed by atoms with Gasteiger partial charge in [-0.2, -0.15) is 0 Å². The van der Waals surface area contributed by atoms with E-state index in [1.807, 2.05) is 6.92 Å². The highest BCUT2D eigenvalue weighted by Crippen LogP contribution is 2.24. The summed E-state index contributed by atoms with van der Waals surface area (Å²) in [5.74, 6) is 0. The fourth-order valence-electron chi connectivity index (χ4n) is 1.56. The van der Waals surface area contributed by atoms with Crippen LogP contribution in [0.5, 0.6) is 0 Å². The smallest absolute Gasteiger partial charge is 0.186 e. The Hall–Kier alpha value is -0.850. The van der Waals surface area contributed by atoms with Gasteiger partial charge in [0, 0.05) is 18.6 Å². The predicted octanol–water partition coefficient (Wildman–Crippen LogP) is 0.434. The van der Waals surface area contributed by atoms with Crippen LogP contribution in [0.2, 0.25) is 0 Å². The molecule has 1 rings (SSSR count). The molecule has 0 aromatic carbocycles. The fourth-order valence-corrected chi connectivity index (χ4v) is 1.56. The largest absolute Gasteiger partial charge is 0.385 e. The first-order chi connectivity index (χ1) is 7.24. The van der Waals surface area contributed by atoms with E-state index in [0.29, 0.717) is 6.61 Å². The maximum absolute atomic E-state index is 9.74. The van der Waals surface area contributed by atoms with E-state index in [0.717, 1.165) is 0 Å². The van der Waals surface area contributed by atoms with Crippen LogP contribution in [0.3, 0.4) is 0 Å². The average molecular weight is 217 g/mol. The molecular weight excluding hydrogens is 202 g/mol. The number of aliphatic hydroxyl groups excluding tert-OH is 1. The molecule has 1 aliphatic heterocycles. The number of azide groups is 1. The molecule has 0 radical (unpaired) electrons. The van der Waals surface area contributed by atoms with Crippen molar-refractivity contribution in [2.24, 2.45) is 5.11 Å².